The maximum atomic E-state index is 12.0. The van der Waals surface area contributed by atoms with Gasteiger partial charge in [0.2, 0.25) is 5.91 Å². The van der Waals surface area contributed by atoms with E-state index in [1.165, 1.54) is 0 Å². The summed E-state index contributed by atoms with van der Waals surface area (Å²) in [4.78, 5) is 15.1. The molecule has 0 saturated carbocycles. The number of nitrogens with one attached hydrogen (secondary N) is 2. The van der Waals surface area contributed by atoms with Crippen LogP contribution in [0.1, 0.15) is 26.5 Å². The van der Waals surface area contributed by atoms with Crippen LogP contribution in [0.3, 0.4) is 0 Å². The monoisotopic (exact) mass is 295 g/mol. The number of aromatic amines is 1. The average Bonchev–Trinajstić information content (AvgIpc) is 2.86. The van der Waals surface area contributed by atoms with Crippen LogP contribution in [0.2, 0.25) is 0 Å². The summed E-state index contributed by atoms with van der Waals surface area (Å²) < 4.78 is 4.13. The third-order valence-electron chi connectivity index (χ3n) is 3.17. The van der Waals surface area contributed by atoms with Crippen molar-refractivity contribution >= 4 is 29.3 Å². The Morgan fingerprint density at radius 2 is 2.20 bits per heavy atom. The van der Waals surface area contributed by atoms with Crippen molar-refractivity contribution in [1.82, 2.24) is 24.6 Å². The quantitative estimate of drug-likeness (QED) is 0.826. The van der Waals surface area contributed by atoms with Gasteiger partial charge in [-0.05, 0) is 24.6 Å². The summed E-state index contributed by atoms with van der Waals surface area (Å²) in [6, 6.07) is 0. The Bertz CT molecular complexity index is 679. The number of fused-ring (bicyclic) bond motifs is 1. The summed E-state index contributed by atoms with van der Waals surface area (Å²) in [7, 11) is 1.87. The third-order valence-corrected chi connectivity index (χ3v) is 3.49. The van der Waals surface area contributed by atoms with Gasteiger partial charge in [0.25, 0.3) is 0 Å². The number of imidazole rings is 1. The molecule has 2 N–H and O–H groups in total. The maximum Gasteiger partial charge on any atom is 0.240 e. The molecule has 1 amide bonds. The van der Waals surface area contributed by atoms with E-state index >= 15 is 0 Å². The van der Waals surface area contributed by atoms with E-state index < -0.39 is 0 Å². The normalized spacial score (nSPS) is 11.4. The Morgan fingerprint density at radius 1 is 1.50 bits per heavy atom. The molecule has 110 valence electrons. The number of hydrogen-bond acceptors (Lipinski definition) is 3. The zero-order chi connectivity index (χ0) is 14.9. The van der Waals surface area contributed by atoms with Crippen LogP contribution in [0.4, 0.5) is 0 Å². The predicted molar refractivity (Wildman–Crippen MR) is 81.1 cm³/mol. The van der Waals surface area contributed by atoms with Crippen LogP contribution >= 0.6 is 12.2 Å². The molecule has 0 aromatic carbocycles. The topological polar surface area (TPSA) is 67.6 Å². The van der Waals surface area contributed by atoms with Gasteiger partial charge in [-0.2, -0.15) is 5.10 Å². The molecule has 0 aliphatic carbocycles. The highest BCUT2D eigenvalue weighted by Crippen LogP contribution is 2.17. The van der Waals surface area contributed by atoms with Gasteiger partial charge in [0, 0.05) is 13.6 Å². The lowest BCUT2D eigenvalue weighted by Gasteiger charge is -2.08. The van der Waals surface area contributed by atoms with Crippen LogP contribution in [-0.4, -0.2) is 31.8 Å². The first-order valence-electron chi connectivity index (χ1n) is 6.85. The SMILES string of the molecule is CCc1nn(C)c2c1[nH]c(=S)n2CC(=O)NCC(C)C. The van der Waals surface area contributed by atoms with E-state index in [0.717, 1.165) is 23.3 Å². The molecule has 0 spiro atoms. The van der Waals surface area contributed by atoms with Gasteiger partial charge in [0.05, 0.1) is 5.69 Å². The summed E-state index contributed by atoms with van der Waals surface area (Å²) in [5.41, 5.74) is 2.76. The van der Waals surface area contributed by atoms with Crippen molar-refractivity contribution in [1.29, 1.82) is 0 Å². The van der Waals surface area contributed by atoms with Gasteiger partial charge in [-0.3, -0.25) is 14.0 Å². The molecule has 2 aromatic heterocycles. The van der Waals surface area contributed by atoms with E-state index in [-0.39, 0.29) is 12.5 Å². The number of H-pyrrole nitrogens is 1. The largest absolute Gasteiger partial charge is 0.354 e. The van der Waals surface area contributed by atoms with E-state index in [0.29, 0.717) is 17.2 Å². The fourth-order valence-electron chi connectivity index (χ4n) is 2.19. The molecule has 2 rings (SSSR count). The van der Waals surface area contributed by atoms with Gasteiger partial charge < -0.3 is 10.3 Å². The summed E-state index contributed by atoms with van der Waals surface area (Å²) in [5.74, 6) is 0.400. The Hall–Kier alpha value is -1.63. The lowest BCUT2D eigenvalue weighted by atomic mass is 10.2. The average molecular weight is 295 g/mol. The van der Waals surface area contributed by atoms with E-state index in [1.807, 2.05) is 14.0 Å². The lowest BCUT2D eigenvalue weighted by molar-refractivity contribution is -0.121. The minimum Gasteiger partial charge on any atom is -0.354 e. The number of hydrogen-bond donors (Lipinski definition) is 2. The van der Waals surface area contributed by atoms with E-state index in [9.17, 15) is 4.79 Å². The van der Waals surface area contributed by atoms with Crippen molar-refractivity contribution < 1.29 is 4.79 Å². The van der Waals surface area contributed by atoms with Gasteiger partial charge in [-0.25, -0.2) is 0 Å². The van der Waals surface area contributed by atoms with E-state index in [2.05, 4.69) is 29.2 Å². The van der Waals surface area contributed by atoms with E-state index in [1.54, 1.807) is 9.25 Å². The van der Waals surface area contributed by atoms with Crippen molar-refractivity contribution in [2.75, 3.05) is 6.54 Å². The molecule has 6 nitrogen and oxygen atoms in total. The molecule has 0 fully saturated rings. The first kappa shape index (κ1) is 14.8. The van der Waals surface area contributed by atoms with Crippen molar-refractivity contribution in [2.45, 2.75) is 33.7 Å². The molecule has 2 heterocycles. The molecule has 0 radical (unpaired) electrons. The zero-order valence-electron chi connectivity index (χ0n) is 12.4. The Balaban J connectivity index is 2.30. The molecule has 2 aromatic rings. The van der Waals surface area contributed by atoms with Crippen LogP contribution in [0.25, 0.3) is 11.2 Å². The Labute approximate surface area is 123 Å². The summed E-state index contributed by atoms with van der Waals surface area (Å²) in [6.45, 7) is 7.06. The number of aryl methyl sites for hydroxylation is 2. The zero-order valence-corrected chi connectivity index (χ0v) is 13.2. The third kappa shape index (κ3) is 2.77. The summed E-state index contributed by atoms with van der Waals surface area (Å²) >= 11 is 5.31. The molecular weight excluding hydrogens is 274 g/mol. The standard InChI is InChI=1S/C13H21N5OS/c1-5-9-11-12(17(4)16-9)18(13(20)15-11)7-10(19)14-6-8(2)3/h8H,5-7H2,1-4H3,(H,14,19)(H,15,20). The molecule has 0 atom stereocenters. The predicted octanol–water partition coefficient (Wildman–Crippen LogP) is 1.77. The van der Waals surface area contributed by atoms with Crippen LogP contribution in [-0.2, 0) is 24.8 Å². The first-order chi connectivity index (χ1) is 9.43. The first-order valence-corrected chi connectivity index (χ1v) is 7.26. The highest BCUT2D eigenvalue weighted by molar-refractivity contribution is 7.71. The van der Waals surface area contributed by atoms with Gasteiger partial charge in [-0.1, -0.05) is 20.8 Å². The molecule has 0 saturated heterocycles. The van der Waals surface area contributed by atoms with Crippen LogP contribution in [0.5, 0.6) is 0 Å². The smallest absolute Gasteiger partial charge is 0.240 e. The summed E-state index contributed by atoms with van der Waals surface area (Å²) in [5, 5.41) is 7.34. The van der Waals surface area contributed by atoms with E-state index in [4.69, 9.17) is 12.2 Å². The van der Waals surface area contributed by atoms with Gasteiger partial charge in [-0.15, -0.1) is 0 Å². The molecule has 0 aliphatic rings. The Kier molecular flexibility index (Phi) is 4.27. The molecule has 0 unspecified atom stereocenters. The highest BCUT2D eigenvalue weighted by Gasteiger charge is 2.16. The molecular formula is C13H21N5OS. The number of rotatable bonds is 5. The Morgan fingerprint density at radius 3 is 2.80 bits per heavy atom. The van der Waals surface area contributed by atoms with Crippen molar-refractivity contribution in [3.63, 3.8) is 0 Å². The molecule has 0 aliphatic heterocycles. The number of nitrogens with zero attached hydrogens (tertiary/aromatic N) is 3. The van der Waals surface area contributed by atoms with Crippen molar-refractivity contribution in [3.8, 4) is 0 Å². The molecule has 0 bridgehead atoms. The summed E-state index contributed by atoms with van der Waals surface area (Å²) in [6.07, 6.45) is 0.826. The number of carbonyl (C=O) groups excluding carboxylic acids is 1. The van der Waals surface area contributed by atoms with Gasteiger partial charge in [0.1, 0.15) is 12.1 Å². The second kappa shape index (κ2) is 5.78. The number of amides is 1. The van der Waals surface area contributed by atoms with Gasteiger partial charge >= 0.3 is 0 Å². The van der Waals surface area contributed by atoms with Crippen LogP contribution in [0, 0.1) is 10.7 Å². The molecule has 7 heteroatoms. The fourth-order valence-corrected chi connectivity index (χ4v) is 2.44. The van der Waals surface area contributed by atoms with Gasteiger partial charge in [0.15, 0.2) is 10.4 Å². The van der Waals surface area contributed by atoms with Crippen molar-refractivity contribution in [3.05, 3.63) is 10.5 Å². The minimum absolute atomic E-state index is 0.0325. The van der Waals surface area contributed by atoms with Crippen LogP contribution < -0.4 is 5.32 Å². The van der Waals surface area contributed by atoms with Crippen LogP contribution in [0.15, 0.2) is 0 Å². The second-order valence-corrected chi connectivity index (χ2v) is 5.72. The maximum absolute atomic E-state index is 12.0. The lowest BCUT2D eigenvalue weighted by Crippen LogP contribution is -2.30. The minimum atomic E-state index is -0.0325. The van der Waals surface area contributed by atoms with Crippen molar-refractivity contribution in [2.24, 2.45) is 13.0 Å². The fraction of sp³-hybridized carbons (Fsp3) is 0.615. The molecule has 20 heavy (non-hydrogen) atoms. The number of aromatic nitrogens is 4. The second-order valence-electron chi connectivity index (χ2n) is 5.34. The highest BCUT2D eigenvalue weighted by atomic mass is 32.1. The number of carbonyl (C=O) groups is 1.